The third-order valence-corrected chi connectivity index (χ3v) is 5.17. The lowest BCUT2D eigenvalue weighted by Gasteiger charge is -2.30. The van der Waals surface area contributed by atoms with Crippen LogP contribution in [0.3, 0.4) is 0 Å². The Bertz CT molecular complexity index is 806. The van der Waals surface area contributed by atoms with Crippen molar-refractivity contribution in [1.29, 1.82) is 0 Å². The van der Waals surface area contributed by atoms with E-state index < -0.39 is 17.9 Å². The van der Waals surface area contributed by atoms with Crippen LogP contribution < -0.4 is 10.1 Å². The highest BCUT2D eigenvalue weighted by molar-refractivity contribution is 6.06. The van der Waals surface area contributed by atoms with Crippen molar-refractivity contribution in [2.24, 2.45) is 0 Å². The third-order valence-electron chi connectivity index (χ3n) is 5.17. The van der Waals surface area contributed by atoms with E-state index in [9.17, 15) is 19.2 Å². The van der Waals surface area contributed by atoms with Gasteiger partial charge < -0.3 is 19.1 Å². The number of aldehydes is 1. The molecule has 1 aromatic carbocycles. The number of carbonyl (C=O) groups is 4. The van der Waals surface area contributed by atoms with Gasteiger partial charge in [-0.3, -0.25) is 24.5 Å². The first-order valence-corrected chi connectivity index (χ1v) is 11.1. The molecule has 1 aromatic rings. The highest BCUT2D eigenvalue weighted by atomic mass is 16.7. The normalized spacial score (nSPS) is 18.4. The lowest BCUT2D eigenvalue weighted by molar-refractivity contribution is -0.136. The van der Waals surface area contributed by atoms with Crippen LogP contribution in [0.2, 0.25) is 0 Å². The SMILES string of the molecule is CC.CN(C(=O)c1cc(OCCCCC2OCCO2)ccc1C=O)C1CCC(=O)NC1=O. The van der Waals surface area contributed by atoms with Crippen LogP contribution in [0.15, 0.2) is 18.2 Å². The van der Waals surface area contributed by atoms with Gasteiger partial charge in [0.15, 0.2) is 12.6 Å². The number of unbranched alkanes of at least 4 members (excludes halogenated alkanes) is 1. The molecule has 0 aromatic heterocycles. The van der Waals surface area contributed by atoms with Crippen molar-refractivity contribution < 1.29 is 33.4 Å². The molecular formula is C23H32N2O7. The Morgan fingerprint density at radius 3 is 2.59 bits per heavy atom. The molecule has 32 heavy (non-hydrogen) atoms. The summed E-state index contributed by atoms with van der Waals surface area (Å²) in [6.07, 6.45) is 3.33. The van der Waals surface area contributed by atoms with E-state index in [4.69, 9.17) is 14.2 Å². The molecule has 2 heterocycles. The summed E-state index contributed by atoms with van der Waals surface area (Å²) in [5, 5.41) is 2.23. The average molecular weight is 449 g/mol. The monoisotopic (exact) mass is 448 g/mol. The minimum atomic E-state index is -0.765. The zero-order valence-corrected chi connectivity index (χ0v) is 18.9. The van der Waals surface area contributed by atoms with Gasteiger partial charge in [-0.25, -0.2) is 0 Å². The molecule has 2 fully saturated rings. The minimum absolute atomic E-state index is 0.135. The van der Waals surface area contributed by atoms with Crippen LogP contribution in [0.5, 0.6) is 5.75 Å². The fourth-order valence-electron chi connectivity index (χ4n) is 3.47. The number of nitrogens with zero attached hydrogens (tertiary/aromatic N) is 1. The number of piperidine rings is 1. The topological polar surface area (TPSA) is 111 Å². The molecule has 2 aliphatic heterocycles. The number of imide groups is 1. The van der Waals surface area contributed by atoms with Crippen molar-refractivity contribution in [2.75, 3.05) is 26.9 Å². The maximum absolute atomic E-state index is 12.9. The van der Waals surface area contributed by atoms with E-state index in [2.05, 4.69) is 5.32 Å². The molecule has 0 spiro atoms. The van der Waals surface area contributed by atoms with Crippen LogP contribution in [0.1, 0.15) is 66.7 Å². The number of ether oxygens (including phenoxy) is 3. The van der Waals surface area contributed by atoms with Crippen LogP contribution in [0, 0.1) is 0 Å². The number of nitrogens with one attached hydrogen (secondary N) is 1. The Morgan fingerprint density at radius 2 is 1.94 bits per heavy atom. The molecule has 0 saturated carbocycles. The fourth-order valence-corrected chi connectivity index (χ4v) is 3.47. The summed E-state index contributed by atoms with van der Waals surface area (Å²) >= 11 is 0. The van der Waals surface area contributed by atoms with E-state index in [0.717, 1.165) is 19.3 Å². The van der Waals surface area contributed by atoms with Gasteiger partial charge in [-0.15, -0.1) is 0 Å². The van der Waals surface area contributed by atoms with Crippen LogP contribution >= 0.6 is 0 Å². The van der Waals surface area contributed by atoms with Gasteiger partial charge in [0.25, 0.3) is 5.91 Å². The zero-order chi connectivity index (χ0) is 23.5. The van der Waals surface area contributed by atoms with Crippen molar-refractivity contribution in [3.8, 4) is 5.75 Å². The lowest BCUT2D eigenvalue weighted by Crippen LogP contribution is -2.53. The molecule has 9 nitrogen and oxygen atoms in total. The Kier molecular flexibility index (Phi) is 10.3. The van der Waals surface area contributed by atoms with Crippen molar-refractivity contribution in [3.05, 3.63) is 29.3 Å². The summed E-state index contributed by atoms with van der Waals surface area (Å²) in [6.45, 7) is 5.71. The Morgan fingerprint density at radius 1 is 1.22 bits per heavy atom. The van der Waals surface area contributed by atoms with E-state index in [1.54, 1.807) is 6.07 Å². The lowest BCUT2D eigenvalue weighted by atomic mass is 10.0. The zero-order valence-electron chi connectivity index (χ0n) is 18.9. The first-order valence-electron chi connectivity index (χ1n) is 11.1. The standard InChI is InChI=1S/C21H26N2O7.C2H6/c1-23(17-7-8-18(25)22-20(17)26)21(27)16-12-15(6-5-14(16)13-24)28-9-3-2-4-19-29-10-11-30-19;1-2/h5-6,12-13,17,19H,2-4,7-11H2,1H3,(H,22,25,26);1-2H3. The summed E-state index contributed by atoms with van der Waals surface area (Å²) in [4.78, 5) is 49.0. The molecule has 3 rings (SSSR count). The number of amides is 3. The summed E-state index contributed by atoms with van der Waals surface area (Å²) in [5.74, 6) is -0.883. The second-order valence-corrected chi connectivity index (χ2v) is 7.27. The van der Waals surface area contributed by atoms with Gasteiger partial charge in [0, 0.05) is 19.0 Å². The van der Waals surface area contributed by atoms with Crippen molar-refractivity contribution >= 4 is 24.0 Å². The first kappa shape index (κ1) is 25.5. The largest absolute Gasteiger partial charge is 0.494 e. The highest BCUT2D eigenvalue weighted by Gasteiger charge is 2.33. The Balaban J connectivity index is 0.00000176. The molecule has 0 radical (unpaired) electrons. The molecule has 2 saturated heterocycles. The fraction of sp³-hybridized carbons (Fsp3) is 0.565. The van der Waals surface area contributed by atoms with Gasteiger partial charge in [-0.2, -0.15) is 0 Å². The van der Waals surface area contributed by atoms with Crippen LogP contribution in [-0.4, -0.2) is 68.1 Å². The number of hydrogen-bond acceptors (Lipinski definition) is 7. The number of hydrogen-bond donors (Lipinski definition) is 1. The van der Waals surface area contributed by atoms with Gasteiger partial charge in [-0.05, 0) is 43.9 Å². The summed E-state index contributed by atoms with van der Waals surface area (Å²) in [7, 11) is 1.48. The predicted octanol–water partition coefficient (Wildman–Crippen LogP) is 2.32. The summed E-state index contributed by atoms with van der Waals surface area (Å²) < 4.78 is 16.5. The van der Waals surface area contributed by atoms with E-state index in [1.165, 1.54) is 24.1 Å². The number of carbonyl (C=O) groups excluding carboxylic acids is 4. The molecule has 0 aliphatic carbocycles. The van der Waals surface area contributed by atoms with Gasteiger partial charge in [0.05, 0.1) is 25.4 Å². The predicted molar refractivity (Wildman–Crippen MR) is 116 cm³/mol. The van der Waals surface area contributed by atoms with Crippen LogP contribution in [-0.2, 0) is 19.1 Å². The minimum Gasteiger partial charge on any atom is -0.494 e. The Hall–Kier alpha value is -2.78. The number of benzene rings is 1. The maximum Gasteiger partial charge on any atom is 0.255 e. The highest BCUT2D eigenvalue weighted by Crippen LogP contribution is 2.21. The smallest absolute Gasteiger partial charge is 0.255 e. The van der Waals surface area contributed by atoms with Crippen molar-refractivity contribution in [2.45, 2.75) is 58.3 Å². The molecule has 1 N–H and O–H groups in total. The van der Waals surface area contributed by atoms with Gasteiger partial charge in [0.1, 0.15) is 11.8 Å². The molecule has 176 valence electrons. The second kappa shape index (κ2) is 12.9. The molecule has 2 aliphatic rings. The number of rotatable bonds is 9. The molecule has 3 amide bonds. The van der Waals surface area contributed by atoms with Crippen LogP contribution in [0.25, 0.3) is 0 Å². The second-order valence-electron chi connectivity index (χ2n) is 7.27. The van der Waals surface area contributed by atoms with Gasteiger partial charge >= 0.3 is 0 Å². The van der Waals surface area contributed by atoms with Gasteiger partial charge in [-0.1, -0.05) is 13.8 Å². The summed E-state index contributed by atoms with van der Waals surface area (Å²) in [6, 6.07) is 3.90. The molecule has 9 heteroatoms. The van der Waals surface area contributed by atoms with Crippen LogP contribution in [0.4, 0.5) is 0 Å². The van der Waals surface area contributed by atoms with Gasteiger partial charge in [0.2, 0.25) is 11.8 Å². The molecular weight excluding hydrogens is 416 g/mol. The van der Waals surface area contributed by atoms with Crippen molar-refractivity contribution in [3.63, 3.8) is 0 Å². The molecule has 0 bridgehead atoms. The molecule has 1 atom stereocenters. The number of likely N-dealkylation sites (N-methyl/N-ethyl adjacent to an activating group) is 1. The first-order chi connectivity index (χ1) is 15.5. The van der Waals surface area contributed by atoms with E-state index in [0.29, 0.717) is 31.9 Å². The Labute approximate surface area is 188 Å². The summed E-state index contributed by atoms with van der Waals surface area (Å²) in [5.41, 5.74) is 0.365. The van der Waals surface area contributed by atoms with E-state index in [1.807, 2.05) is 13.8 Å². The average Bonchev–Trinajstić information content (AvgIpc) is 3.33. The molecule has 1 unspecified atom stereocenters. The maximum atomic E-state index is 12.9. The van der Waals surface area contributed by atoms with Crippen molar-refractivity contribution in [1.82, 2.24) is 10.2 Å². The van der Waals surface area contributed by atoms with E-state index in [-0.39, 0.29) is 36.2 Å². The third kappa shape index (κ3) is 6.86. The quantitative estimate of drug-likeness (QED) is 0.351. The van der Waals surface area contributed by atoms with E-state index >= 15 is 0 Å².